The number of carbonyl (C=O) groups is 1. The lowest BCUT2D eigenvalue weighted by Crippen LogP contribution is -2.22. The van der Waals surface area contributed by atoms with Crippen LogP contribution < -0.4 is 15.6 Å². The molecule has 0 unspecified atom stereocenters. The van der Waals surface area contributed by atoms with Gasteiger partial charge in [-0.15, -0.1) is 11.8 Å². The fraction of sp³-hybridized carbons (Fsp3) is 0.250. The Labute approximate surface area is 195 Å². The van der Waals surface area contributed by atoms with Gasteiger partial charge in [0.05, 0.1) is 5.69 Å². The first kappa shape index (κ1) is 22.6. The van der Waals surface area contributed by atoms with E-state index in [2.05, 4.69) is 15.3 Å². The zero-order valence-corrected chi connectivity index (χ0v) is 19.5. The highest BCUT2D eigenvalue weighted by molar-refractivity contribution is 7.98. The van der Waals surface area contributed by atoms with Crippen LogP contribution in [0, 0.1) is 6.92 Å². The number of aromatic nitrogens is 4. The first-order valence-electron chi connectivity index (χ1n) is 10.6. The highest BCUT2D eigenvalue weighted by Gasteiger charge is 2.11. The molecular weight excluding hydrogens is 438 g/mol. The molecule has 4 rings (SSSR count). The molecule has 9 heteroatoms. The number of rotatable bonds is 8. The van der Waals surface area contributed by atoms with Gasteiger partial charge in [0.1, 0.15) is 12.1 Å². The van der Waals surface area contributed by atoms with Crippen molar-refractivity contribution in [2.45, 2.75) is 37.5 Å². The Morgan fingerprint density at radius 2 is 1.94 bits per heavy atom. The van der Waals surface area contributed by atoms with Crippen molar-refractivity contribution < 1.29 is 9.53 Å². The topological polar surface area (TPSA) is 90.5 Å². The van der Waals surface area contributed by atoms with Crippen molar-refractivity contribution >= 4 is 29.1 Å². The summed E-state index contributed by atoms with van der Waals surface area (Å²) in [5.41, 5.74) is 2.29. The van der Waals surface area contributed by atoms with Gasteiger partial charge in [0.2, 0.25) is 0 Å². The Morgan fingerprint density at radius 1 is 1.15 bits per heavy atom. The number of ether oxygens (including phenoxy) is 1. The number of nitrogens with one attached hydrogen (secondary N) is 1. The monoisotopic (exact) mass is 463 g/mol. The predicted molar refractivity (Wildman–Crippen MR) is 129 cm³/mol. The van der Waals surface area contributed by atoms with E-state index >= 15 is 0 Å². The number of benzene rings is 2. The van der Waals surface area contributed by atoms with E-state index in [4.69, 9.17) is 4.74 Å². The van der Waals surface area contributed by atoms with Crippen LogP contribution in [-0.4, -0.2) is 31.7 Å². The number of carbonyl (C=O) groups excluding carboxylic acids is 1. The van der Waals surface area contributed by atoms with E-state index in [0.29, 0.717) is 28.7 Å². The molecule has 0 atom stereocenters. The van der Waals surface area contributed by atoms with Crippen LogP contribution in [0.2, 0.25) is 0 Å². The number of hydrogen-bond acceptors (Lipinski definition) is 6. The molecule has 2 aromatic carbocycles. The lowest BCUT2D eigenvalue weighted by atomic mass is 10.2. The van der Waals surface area contributed by atoms with Gasteiger partial charge in [-0.3, -0.25) is 14.3 Å². The molecule has 1 N–H and O–H groups in total. The molecule has 0 aliphatic carbocycles. The number of amides is 1. The molecule has 0 radical (unpaired) electrons. The number of aryl methyl sites for hydroxylation is 1. The van der Waals surface area contributed by atoms with Crippen molar-refractivity contribution in [3.63, 3.8) is 0 Å². The molecule has 8 nitrogen and oxygen atoms in total. The molecule has 170 valence electrons. The summed E-state index contributed by atoms with van der Waals surface area (Å²) in [6.07, 6.45) is 1.63. The average molecular weight is 464 g/mol. The van der Waals surface area contributed by atoms with Crippen molar-refractivity contribution in [2.24, 2.45) is 0 Å². The summed E-state index contributed by atoms with van der Waals surface area (Å²) in [6.45, 7) is 5.89. The van der Waals surface area contributed by atoms with Crippen molar-refractivity contribution in [3.05, 3.63) is 82.5 Å². The van der Waals surface area contributed by atoms with Gasteiger partial charge in [0, 0.05) is 28.4 Å². The van der Waals surface area contributed by atoms with Crippen LogP contribution >= 0.6 is 11.8 Å². The SMILES string of the molecule is Cc1cccc(OCC(=O)Nc2ccc(SCc3cc(=O)n4c(ncn4C(C)C)n3)cc2)c1. The molecule has 0 bridgehead atoms. The third kappa shape index (κ3) is 5.61. The molecule has 0 saturated heterocycles. The summed E-state index contributed by atoms with van der Waals surface area (Å²) in [6, 6.07) is 16.7. The van der Waals surface area contributed by atoms with Gasteiger partial charge in [-0.2, -0.15) is 9.50 Å². The zero-order valence-electron chi connectivity index (χ0n) is 18.7. The van der Waals surface area contributed by atoms with Gasteiger partial charge < -0.3 is 10.1 Å². The average Bonchev–Trinajstić information content (AvgIpc) is 3.22. The lowest BCUT2D eigenvalue weighted by Gasteiger charge is -2.09. The van der Waals surface area contributed by atoms with Crippen LogP contribution in [0.4, 0.5) is 5.69 Å². The number of fused-ring (bicyclic) bond motifs is 1. The highest BCUT2D eigenvalue weighted by atomic mass is 32.2. The third-order valence-corrected chi connectivity index (χ3v) is 5.91. The van der Waals surface area contributed by atoms with Crippen LogP contribution in [0.15, 0.2) is 70.6 Å². The summed E-state index contributed by atoms with van der Waals surface area (Å²) in [4.78, 5) is 34.4. The molecule has 2 heterocycles. The normalized spacial score (nSPS) is 11.2. The van der Waals surface area contributed by atoms with Gasteiger partial charge in [-0.25, -0.2) is 4.98 Å². The maximum Gasteiger partial charge on any atom is 0.274 e. The second-order valence-corrected chi connectivity index (χ2v) is 8.93. The number of thioether (sulfide) groups is 1. The third-order valence-electron chi connectivity index (χ3n) is 4.87. The lowest BCUT2D eigenvalue weighted by molar-refractivity contribution is -0.118. The van der Waals surface area contributed by atoms with Crippen LogP contribution in [0.3, 0.4) is 0 Å². The largest absolute Gasteiger partial charge is 0.484 e. The van der Waals surface area contributed by atoms with Crippen molar-refractivity contribution in [2.75, 3.05) is 11.9 Å². The minimum Gasteiger partial charge on any atom is -0.484 e. The second kappa shape index (κ2) is 9.91. The maximum atomic E-state index is 12.5. The molecular formula is C24H25N5O3S. The van der Waals surface area contributed by atoms with Gasteiger partial charge in [0.25, 0.3) is 17.2 Å². The van der Waals surface area contributed by atoms with Crippen molar-refractivity contribution in [1.29, 1.82) is 0 Å². The Morgan fingerprint density at radius 3 is 2.67 bits per heavy atom. The molecule has 33 heavy (non-hydrogen) atoms. The fourth-order valence-electron chi connectivity index (χ4n) is 3.25. The smallest absolute Gasteiger partial charge is 0.274 e. The molecule has 0 saturated carbocycles. The quantitative estimate of drug-likeness (QED) is 0.396. The Bertz CT molecular complexity index is 1330. The van der Waals surface area contributed by atoms with E-state index in [1.807, 2.05) is 69.3 Å². The van der Waals surface area contributed by atoms with Crippen molar-refractivity contribution in [1.82, 2.24) is 19.2 Å². The number of anilines is 1. The van der Waals surface area contributed by atoms with Gasteiger partial charge in [-0.1, -0.05) is 12.1 Å². The van der Waals surface area contributed by atoms with E-state index in [0.717, 1.165) is 10.5 Å². The van der Waals surface area contributed by atoms with E-state index in [9.17, 15) is 9.59 Å². The summed E-state index contributed by atoms with van der Waals surface area (Å²) in [5, 5.41) is 2.83. The number of nitrogens with zero attached hydrogens (tertiary/aromatic N) is 4. The van der Waals surface area contributed by atoms with Crippen LogP contribution in [0.5, 0.6) is 5.75 Å². The summed E-state index contributed by atoms with van der Waals surface area (Å²) in [7, 11) is 0. The Hall–Kier alpha value is -3.59. The minimum absolute atomic E-state index is 0.0593. The summed E-state index contributed by atoms with van der Waals surface area (Å²) >= 11 is 1.56. The molecule has 0 aliphatic rings. The second-order valence-electron chi connectivity index (χ2n) is 7.88. The molecule has 1 amide bonds. The fourth-order valence-corrected chi connectivity index (χ4v) is 4.05. The van der Waals surface area contributed by atoms with E-state index < -0.39 is 0 Å². The Balaban J connectivity index is 1.32. The minimum atomic E-state index is -0.226. The van der Waals surface area contributed by atoms with Gasteiger partial charge in [-0.05, 0) is 62.7 Å². The predicted octanol–water partition coefficient (Wildman–Crippen LogP) is 4.09. The summed E-state index contributed by atoms with van der Waals surface area (Å²) in [5.74, 6) is 1.38. The molecule has 4 aromatic rings. The number of hydrogen-bond donors (Lipinski definition) is 1. The van der Waals surface area contributed by atoms with Crippen LogP contribution in [0.1, 0.15) is 31.1 Å². The van der Waals surface area contributed by atoms with E-state index in [1.165, 1.54) is 4.52 Å². The highest BCUT2D eigenvalue weighted by Crippen LogP contribution is 2.23. The molecule has 0 aliphatic heterocycles. The maximum absolute atomic E-state index is 12.5. The van der Waals surface area contributed by atoms with E-state index in [1.54, 1.807) is 28.8 Å². The van der Waals surface area contributed by atoms with E-state index in [-0.39, 0.29) is 24.1 Å². The molecule has 2 aromatic heterocycles. The van der Waals surface area contributed by atoms with Gasteiger partial charge >= 0.3 is 0 Å². The standard InChI is InChI=1S/C24H25N5O3S/c1-16(2)28-15-25-24-27-19(12-23(31)29(24)28)14-33-21-9-7-18(8-10-21)26-22(30)13-32-20-6-4-5-17(3)11-20/h4-12,15-16H,13-14H2,1-3H3,(H,26,30). The summed E-state index contributed by atoms with van der Waals surface area (Å²) < 4.78 is 8.78. The molecule has 0 spiro atoms. The van der Waals surface area contributed by atoms with Crippen LogP contribution in [0.25, 0.3) is 5.78 Å². The van der Waals surface area contributed by atoms with Crippen LogP contribution in [-0.2, 0) is 10.5 Å². The first-order valence-corrected chi connectivity index (χ1v) is 11.6. The van der Waals surface area contributed by atoms with Crippen molar-refractivity contribution in [3.8, 4) is 5.75 Å². The zero-order chi connectivity index (χ0) is 23.4. The molecule has 0 fully saturated rings. The van der Waals surface area contributed by atoms with Gasteiger partial charge in [0.15, 0.2) is 6.61 Å². The first-order chi connectivity index (χ1) is 15.9. The Kier molecular flexibility index (Phi) is 6.79.